The fourth-order valence-electron chi connectivity index (χ4n) is 1.90. The highest BCUT2D eigenvalue weighted by atomic mass is 19.1. The second-order valence-corrected chi connectivity index (χ2v) is 4.75. The number of aliphatic imine (C=N–C) groups is 1. The topological polar surface area (TPSA) is 58.5 Å². The maximum atomic E-state index is 13.6. The normalized spacial score (nSPS) is 11.1. The summed E-state index contributed by atoms with van der Waals surface area (Å²) in [5.41, 5.74) is 0.566. The minimum Gasteiger partial charge on any atom is -0.490 e. The first-order chi connectivity index (χ1) is 11.3. The lowest BCUT2D eigenvalue weighted by Crippen LogP contribution is -2.39. The van der Waals surface area contributed by atoms with E-state index >= 15 is 0 Å². The summed E-state index contributed by atoms with van der Waals surface area (Å²) in [4.78, 5) is 8.36. The molecule has 1 heterocycles. The molecule has 0 saturated carbocycles. The van der Waals surface area contributed by atoms with Crippen molar-refractivity contribution >= 4 is 5.96 Å². The standard InChI is InChI=1S/C17H21FN4O/c1-2-20-17(22-12-14-6-3-4-8-16(14)18)21-10-11-23-15-7-5-9-19-13-15/h3-9,13H,2,10-12H2,1H3,(H2,20,21,22). The summed E-state index contributed by atoms with van der Waals surface area (Å²) in [7, 11) is 0. The van der Waals surface area contributed by atoms with Gasteiger partial charge in [-0.1, -0.05) is 18.2 Å². The average Bonchev–Trinajstić information content (AvgIpc) is 2.58. The zero-order chi connectivity index (χ0) is 16.3. The first-order valence-electron chi connectivity index (χ1n) is 7.58. The van der Waals surface area contributed by atoms with Gasteiger partial charge in [0.15, 0.2) is 5.96 Å². The van der Waals surface area contributed by atoms with Crippen LogP contribution < -0.4 is 15.4 Å². The second-order valence-electron chi connectivity index (χ2n) is 4.75. The molecular weight excluding hydrogens is 295 g/mol. The Morgan fingerprint density at radius 2 is 2.09 bits per heavy atom. The Bertz CT molecular complexity index is 619. The zero-order valence-electron chi connectivity index (χ0n) is 13.1. The van der Waals surface area contributed by atoms with E-state index in [1.807, 2.05) is 19.1 Å². The van der Waals surface area contributed by atoms with E-state index in [-0.39, 0.29) is 12.4 Å². The Hall–Kier alpha value is -2.63. The molecule has 1 aromatic carbocycles. The summed E-state index contributed by atoms with van der Waals surface area (Å²) < 4.78 is 19.1. The molecule has 122 valence electrons. The molecule has 0 aliphatic heterocycles. The molecule has 0 fully saturated rings. The number of halogens is 1. The third kappa shape index (κ3) is 5.94. The number of aromatic nitrogens is 1. The number of rotatable bonds is 7. The van der Waals surface area contributed by atoms with Gasteiger partial charge in [0.1, 0.15) is 18.2 Å². The Balaban J connectivity index is 1.81. The fourth-order valence-corrected chi connectivity index (χ4v) is 1.90. The second kappa shape index (κ2) is 9.40. The van der Waals surface area contributed by atoms with Crippen LogP contribution in [0.4, 0.5) is 4.39 Å². The third-order valence-corrected chi connectivity index (χ3v) is 3.01. The quantitative estimate of drug-likeness (QED) is 0.468. The van der Waals surface area contributed by atoms with Gasteiger partial charge in [-0.25, -0.2) is 9.38 Å². The van der Waals surface area contributed by atoms with Gasteiger partial charge in [0.05, 0.1) is 19.3 Å². The van der Waals surface area contributed by atoms with Crippen LogP contribution in [0.25, 0.3) is 0 Å². The molecule has 2 rings (SSSR count). The molecule has 0 amide bonds. The van der Waals surface area contributed by atoms with E-state index in [9.17, 15) is 4.39 Å². The SMILES string of the molecule is CCNC(=NCc1ccccc1F)NCCOc1cccnc1. The molecule has 5 nitrogen and oxygen atoms in total. The van der Waals surface area contributed by atoms with Crippen LogP contribution in [0.15, 0.2) is 53.8 Å². The molecule has 0 unspecified atom stereocenters. The van der Waals surface area contributed by atoms with Crippen molar-refractivity contribution in [2.75, 3.05) is 19.7 Å². The molecule has 0 aliphatic rings. The van der Waals surface area contributed by atoms with Gasteiger partial charge in [-0.15, -0.1) is 0 Å². The average molecular weight is 316 g/mol. The minimum atomic E-state index is -0.244. The summed E-state index contributed by atoms with van der Waals surface area (Å²) >= 11 is 0. The van der Waals surface area contributed by atoms with E-state index in [1.165, 1.54) is 6.07 Å². The van der Waals surface area contributed by atoms with Crippen LogP contribution in [0, 0.1) is 5.82 Å². The van der Waals surface area contributed by atoms with Crippen molar-refractivity contribution in [3.8, 4) is 5.75 Å². The van der Waals surface area contributed by atoms with E-state index in [0.29, 0.717) is 24.7 Å². The molecule has 2 N–H and O–H groups in total. The zero-order valence-corrected chi connectivity index (χ0v) is 13.1. The van der Waals surface area contributed by atoms with Gasteiger partial charge in [-0.2, -0.15) is 0 Å². The monoisotopic (exact) mass is 316 g/mol. The van der Waals surface area contributed by atoms with Crippen LogP contribution in [-0.4, -0.2) is 30.6 Å². The van der Waals surface area contributed by atoms with Gasteiger partial charge in [-0.3, -0.25) is 4.98 Å². The summed E-state index contributed by atoms with van der Waals surface area (Å²) in [5.74, 6) is 1.11. The van der Waals surface area contributed by atoms with E-state index in [1.54, 1.807) is 30.6 Å². The Labute approximate surface area is 135 Å². The van der Waals surface area contributed by atoms with E-state index in [0.717, 1.165) is 12.3 Å². The summed E-state index contributed by atoms with van der Waals surface area (Å²) in [5, 5.41) is 6.27. The number of nitrogens with one attached hydrogen (secondary N) is 2. The molecule has 0 radical (unpaired) electrons. The van der Waals surface area contributed by atoms with Crippen molar-refractivity contribution < 1.29 is 9.13 Å². The maximum absolute atomic E-state index is 13.6. The number of pyridine rings is 1. The Kier molecular flexibility index (Phi) is 6.84. The molecule has 0 spiro atoms. The van der Waals surface area contributed by atoms with Crippen LogP contribution in [0.3, 0.4) is 0 Å². The molecule has 2 aromatic rings. The summed E-state index contributed by atoms with van der Waals surface area (Å²) in [6, 6.07) is 10.3. The minimum absolute atomic E-state index is 0.244. The number of hydrogen-bond acceptors (Lipinski definition) is 3. The number of hydrogen-bond donors (Lipinski definition) is 2. The summed E-state index contributed by atoms with van der Waals surface area (Å²) in [6.07, 6.45) is 3.36. The lowest BCUT2D eigenvalue weighted by Gasteiger charge is -2.12. The highest BCUT2D eigenvalue weighted by molar-refractivity contribution is 5.79. The predicted molar refractivity (Wildman–Crippen MR) is 89.0 cm³/mol. The van der Waals surface area contributed by atoms with Gasteiger partial charge < -0.3 is 15.4 Å². The third-order valence-electron chi connectivity index (χ3n) is 3.01. The lowest BCUT2D eigenvalue weighted by molar-refractivity contribution is 0.320. The number of guanidine groups is 1. The van der Waals surface area contributed by atoms with Gasteiger partial charge in [0.25, 0.3) is 0 Å². The first-order valence-corrected chi connectivity index (χ1v) is 7.58. The van der Waals surface area contributed by atoms with E-state index < -0.39 is 0 Å². The lowest BCUT2D eigenvalue weighted by atomic mass is 10.2. The van der Waals surface area contributed by atoms with Crippen LogP contribution >= 0.6 is 0 Å². The molecule has 23 heavy (non-hydrogen) atoms. The van der Waals surface area contributed by atoms with E-state index in [2.05, 4.69) is 20.6 Å². The molecular formula is C17H21FN4O. The molecule has 0 bridgehead atoms. The van der Waals surface area contributed by atoms with Gasteiger partial charge in [0.2, 0.25) is 0 Å². The van der Waals surface area contributed by atoms with E-state index in [4.69, 9.17) is 4.74 Å². The van der Waals surface area contributed by atoms with Crippen molar-refractivity contribution in [3.05, 3.63) is 60.2 Å². The molecule has 0 aliphatic carbocycles. The highest BCUT2D eigenvalue weighted by Gasteiger charge is 2.01. The highest BCUT2D eigenvalue weighted by Crippen LogP contribution is 2.07. The van der Waals surface area contributed by atoms with Crippen molar-refractivity contribution in [2.45, 2.75) is 13.5 Å². The van der Waals surface area contributed by atoms with Crippen LogP contribution in [0.1, 0.15) is 12.5 Å². The number of nitrogens with zero attached hydrogens (tertiary/aromatic N) is 2. The number of ether oxygens (including phenoxy) is 1. The molecule has 1 aromatic heterocycles. The van der Waals surface area contributed by atoms with Gasteiger partial charge in [-0.05, 0) is 25.1 Å². The van der Waals surface area contributed by atoms with Gasteiger partial charge in [0, 0.05) is 18.3 Å². The summed E-state index contributed by atoms with van der Waals surface area (Å²) in [6.45, 7) is 4.05. The Morgan fingerprint density at radius 3 is 2.83 bits per heavy atom. The molecule has 0 atom stereocenters. The van der Waals surface area contributed by atoms with Crippen molar-refractivity contribution in [1.82, 2.24) is 15.6 Å². The van der Waals surface area contributed by atoms with Crippen molar-refractivity contribution in [3.63, 3.8) is 0 Å². The molecule has 6 heteroatoms. The van der Waals surface area contributed by atoms with Crippen molar-refractivity contribution in [1.29, 1.82) is 0 Å². The first kappa shape index (κ1) is 16.7. The number of benzene rings is 1. The van der Waals surface area contributed by atoms with Gasteiger partial charge >= 0.3 is 0 Å². The van der Waals surface area contributed by atoms with Crippen LogP contribution in [0.2, 0.25) is 0 Å². The fraction of sp³-hybridized carbons (Fsp3) is 0.294. The van der Waals surface area contributed by atoms with Crippen LogP contribution in [-0.2, 0) is 6.54 Å². The van der Waals surface area contributed by atoms with Crippen LogP contribution in [0.5, 0.6) is 5.75 Å². The molecule has 0 saturated heterocycles. The smallest absolute Gasteiger partial charge is 0.191 e. The maximum Gasteiger partial charge on any atom is 0.191 e. The predicted octanol–water partition coefficient (Wildman–Crippen LogP) is 2.35. The van der Waals surface area contributed by atoms with Crippen molar-refractivity contribution in [2.24, 2.45) is 4.99 Å². The Morgan fingerprint density at radius 1 is 1.22 bits per heavy atom. The largest absolute Gasteiger partial charge is 0.490 e.